The number of ether oxygens (including phenoxy) is 1. The van der Waals surface area contributed by atoms with Crippen LogP contribution in [0.2, 0.25) is 0 Å². The van der Waals surface area contributed by atoms with Crippen LogP contribution in [0.15, 0.2) is 42.5 Å². The van der Waals surface area contributed by atoms with E-state index >= 15 is 0 Å². The Morgan fingerprint density at radius 2 is 2.04 bits per heavy atom. The average molecular weight is 374 g/mol. The van der Waals surface area contributed by atoms with Crippen LogP contribution in [0.3, 0.4) is 0 Å². The zero-order valence-corrected chi connectivity index (χ0v) is 15.8. The fourth-order valence-corrected chi connectivity index (χ4v) is 3.83. The maximum Gasteiger partial charge on any atom is 0.255 e. The molecule has 2 aliphatic rings. The Morgan fingerprint density at radius 3 is 2.86 bits per heavy atom. The zero-order chi connectivity index (χ0) is 19.3. The fraction of sp³-hybridized carbons (Fsp3) is 0.304. The SMILES string of the molecule is Cc1ccc2nc(C3CC3)cc(C(=O)N3CCOc4cc(O)ccc4C3)c2c1. The molecule has 3 aromatic rings. The summed E-state index contributed by atoms with van der Waals surface area (Å²) in [5.74, 6) is 1.30. The predicted octanol–water partition coefficient (Wildman–Crippen LogP) is 4.16. The second-order valence-electron chi connectivity index (χ2n) is 7.76. The number of aryl methyl sites for hydroxylation is 1. The highest BCUT2D eigenvalue weighted by molar-refractivity contribution is 6.06. The first-order valence-corrected chi connectivity index (χ1v) is 9.74. The number of hydrogen-bond acceptors (Lipinski definition) is 4. The topological polar surface area (TPSA) is 62.7 Å². The van der Waals surface area contributed by atoms with E-state index in [0.717, 1.165) is 46.1 Å². The monoisotopic (exact) mass is 374 g/mol. The first kappa shape index (κ1) is 17.0. The first-order chi connectivity index (χ1) is 13.6. The zero-order valence-electron chi connectivity index (χ0n) is 15.8. The number of nitrogens with zero attached hydrogens (tertiary/aromatic N) is 2. The van der Waals surface area contributed by atoms with E-state index in [9.17, 15) is 9.90 Å². The smallest absolute Gasteiger partial charge is 0.255 e. The number of phenols is 1. The molecule has 5 heteroatoms. The first-order valence-electron chi connectivity index (χ1n) is 9.74. The van der Waals surface area contributed by atoms with Crippen molar-refractivity contribution < 1.29 is 14.6 Å². The Labute approximate surface area is 163 Å². The summed E-state index contributed by atoms with van der Waals surface area (Å²) in [4.78, 5) is 20.2. The number of rotatable bonds is 2. The Kier molecular flexibility index (Phi) is 3.97. The number of fused-ring (bicyclic) bond motifs is 2. The Balaban J connectivity index is 1.56. The minimum absolute atomic E-state index is 0.00410. The van der Waals surface area contributed by atoms with Crippen LogP contribution in [0.5, 0.6) is 11.5 Å². The van der Waals surface area contributed by atoms with Crippen molar-refractivity contribution in [3.05, 3.63) is 64.8 Å². The van der Waals surface area contributed by atoms with Gasteiger partial charge in [0.05, 0.1) is 17.6 Å². The van der Waals surface area contributed by atoms with Crippen LogP contribution in [0, 0.1) is 6.92 Å². The lowest BCUT2D eigenvalue weighted by Gasteiger charge is -2.21. The number of aromatic hydroxyl groups is 1. The molecule has 5 rings (SSSR count). The maximum atomic E-state index is 13.5. The van der Waals surface area contributed by atoms with Gasteiger partial charge in [0, 0.05) is 35.2 Å². The molecule has 2 aromatic carbocycles. The summed E-state index contributed by atoms with van der Waals surface area (Å²) in [5, 5.41) is 10.6. The van der Waals surface area contributed by atoms with Gasteiger partial charge in [0.25, 0.3) is 5.91 Å². The highest BCUT2D eigenvalue weighted by atomic mass is 16.5. The third-order valence-corrected chi connectivity index (χ3v) is 5.53. The van der Waals surface area contributed by atoms with E-state index in [-0.39, 0.29) is 11.7 Å². The van der Waals surface area contributed by atoms with E-state index in [2.05, 4.69) is 0 Å². The van der Waals surface area contributed by atoms with Crippen LogP contribution in [0.1, 0.15) is 45.9 Å². The minimum atomic E-state index is 0.00410. The van der Waals surface area contributed by atoms with Gasteiger partial charge in [-0.1, -0.05) is 11.6 Å². The number of benzene rings is 2. The van der Waals surface area contributed by atoms with Crippen LogP contribution < -0.4 is 4.74 Å². The third kappa shape index (κ3) is 3.07. The molecule has 0 atom stereocenters. The summed E-state index contributed by atoms with van der Waals surface area (Å²) in [7, 11) is 0. The molecule has 1 saturated carbocycles. The lowest BCUT2D eigenvalue weighted by atomic mass is 10.0. The van der Waals surface area contributed by atoms with Gasteiger partial charge >= 0.3 is 0 Å². The summed E-state index contributed by atoms with van der Waals surface area (Å²) in [6, 6.07) is 13.2. The van der Waals surface area contributed by atoms with Gasteiger partial charge in [0.2, 0.25) is 0 Å². The van der Waals surface area contributed by atoms with E-state index < -0.39 is 0 Å². The van der Waals surface area contributed by atoms with Gasteiger partial charge in [-0.3, -0.25) is 9.78 Å². The summed E-state index contributed by atoms with van der Waals surface area (Å²) >= 11 is 0. The number of hydrogen-bond donors (Lipinski definition) is 1. The van der Waals surface area contributed by atoms with Crippen molar-refractivity contribution in [2.24, 2.45) is 0 Å². The van der Waals surface area contributed by atoms with Crippen LogP contribution in [0.4, 0.5) is 0 Å². The molecule has 142 valence electrons. The minimum Gasteiger partial charge on any atom is -0.508 e. The lowest BCUT2D eigenvalue weighted by molar-refractivity contribution is 0.0735. The molecule has 0 saturated heterocycles. The Morgan fingerprint density at radius 1 is 1.18 bits per heavy atom. The summed E-state index contributed by atoms with van der Waals surface area (Å²) in [6.07, 6.45) is 2.29. The van der Waals surface area contributed by atoms with Crippen molar-refractivity contribution in [3.63, 3.8) is 0 Å². The summed E-state index contributed by atoms with van der Waals surface area (Å²) in [6.45, 7) is 3.40. The summed E-state index contributed by atoms with van der Waals surface area (Å²) < 4.78 is 5.76. The maximum absolute atomic E-state index is 13.5. The van der Waals surface area contributed by atoms with Gasteiger partial charge in [0.1, 0.15) is 18.1 Å². The molecule has 0 spiro atoms. The van der Waals surface area contributed by atoms with Gasteiger partial charge in [-0.25, -0.2) is 0 Å². The molecule has 0 unspecified atom stereocenters. The van der Waals surface area contributed by atoms with Gasteiger partial charge < -0.3 is 14.7 Å². The Bertz CT molecular complexity index is 1090. The molecule has 1 aliphatic carbocycles. The molecule has 1 amide bonds. The molecule has 0 bridgehead atoms. The van der Waals surface area contributed by atoms with Crippen molar-refractivity contribution in [2.45, 2.75) is 32.2 Å². The highest BCUT2D eigenvalue weighted by Crippen LogP contribution is 2.40. The summed E-state index contributed by atoms with van der Waals surface area (Å²) in [5.41, 5.74) is 4.65. The number of phenolic OH excluding ortho intramolecular Hbond substituents is 1. The quantitative estimate of drug-likeness (QED) is 0.732. The van der Waals surface area contributed by atoms with E-state index in [4.69, 9.17) is 9.72 Å². The standard InChI is InChI=1S/C23H22N2O3/c1-14-2-7-20-18(10-14)19(12-21(24-20)15-3-4-15)23(27)25-8-9-28-22-11-17(26)6-5-16(22)13-25/h2,5-7,10-12,15,26H,3-4,8-9,13H2,1H3. The van der Waals surface area contributed by atoms with Crippen LogP contribution in [0.25, 0.3) is 10.9 Å². The molecule has 1 aromatic heterocycles. The van der Waals surface area contributed by atoms with Crippen molar-refractivity contribution >= 4 is 16.8 Å². The van der Waals surface area contributed by atoms with Gasteiger partial charge in [-0.15, -0.1) is 0 Å². The van der Waals surface area contributed by atoms with Gasteiger partial charge in [-0.05, 0) is 50.1 Å². The number of carbonyl (C=O) groups is 1. The van der Waals surface area contributed by atoms with E-state index in [1.165, 1.54) is 0 Å². The molecule has 5 nitrogen and oxygen atoms in total. The Hall–Kier alpha value is -3.08. The lowest BCUT2D eigenvalue weighted by Crippen LogP contribution is -2.32. The second-order valence-corrected chi connectivity index (χ2v) is 7.76. The molecule has 1 N–H and O–H groups in total. The van der Waals surface area contributed by atoms with Crippen molar-refractivity contribution in [1.29, 1.82) is 0 Å². The molecular formula is C23H22N2O3. The van der Waals surface area contributed by atoms with Gasteiger partial charge in [-0.2, -0.15) is 0 Å². The van der Waals surface area contributed by atoms with E-state index in [0.29, 0.717) is 31.4 Å². The van der Waals surface area contributed by atoms with Crippen molar-refractivity contribution in [1.82, 2.24) is 9.88 Å². The van der Waals surface area contributed by atoms with Crippen LogP contribution >= 0.6 is 0 Å². The fourth-order valence-electron chi connectivity index (χ4n) is 3.83. The second kappa shape index (κ2) is 6.51. The number of carbonyl (C=O) groups excluding carboxylic acids is 1. The number of amides is 1. The van der Waals surface area contributed by atoms with E-state index in [1.807, 2.05) is 42.2 Å². The molecule has 1 aliphatic heterocycles. The highest BCUT2D eigenvalue weighted by Gasteiger charge is 2.29. The third-order valence-electron chi connectivity index (χ3n) is 5.53. The molecule has 1 fully saturated rings. The van der Waals surface area contributed by atoms with E-state index in [1.54, 1.807) is 12.1 Å². The van der Waals surface area contributed by atoms with Crippen molar-refractivity contribution in [2.75, 3.05) is 13.2 Å². The number of pyridine rings is 1. The molecule has 2 heterocycles. The molecule has 28 heavy (non-hydrogen) atoms. The molecular weight excluding hydrogens is 352 g/mol. The normalized spacial score (nSPS) is 16.4. The predicted molar refractivity (Wildman–Crippen MR) is 107 cm³/mol. The largest absolute Gasteiger partial charge is 0.508 e. The van der Waals surface area contributed by atoms with Crippen molar-refractivity contribution in [3.8, 4) is 11.5 Å². The van der Waals surface area contributed by atoms with Gasteiger partial charge in [0.15, 0.2) is 0 Å². The van der Waals surface area contributed by atoms with Crippen LogP contribution in [-0.2, 0) is 6.54 Å². The molecule has 0 radical (unpaired) electrons. The number of aromatic nitrogens is 1. The van der Waals surface area contributed by atoms with Crippen LogP contribution in [-0.4, -0.2) is 34.0 Å². The average Bonchev–Trinajstić information content (AvgIpc) is 3.53.